The smallest absolute Gasteiger partial charge is 0.335 e. The molecule has 5 heteroatoms. The molecule has 3 rings (SSSR count). The summed E-state index contributed by atoms with van der Waals surface area (Å²) in [5.41, 5.74) is 2.56. The van der Waals surface area contributed by atoms with Crippen molar-refractivity contribution in [1.82, 2.24) is 9.47 Å². The lowest BCUT2D eigenvalue weighted by Crippen LogP contribution is -2.27. The molecule has 108 valence electrons. The molecule has 21 heavy (non-hydrogen) atoms. The van der Waals surface area contributed by atoms with Gasteiger partial charge in [0.15, 0.2) is 0 Å². The Hall–Kier alpha value is -2.40. The van der Waals surface area contributed by atoms with Crippen LogP contribution in [0.3, 0.4) is 0 Å². The Labute approximate surface area is 122 Å². The first-order valence-electron chi connectivity index (χ1n) is 6.86. The monoisotopic (exact) mass is 284 g/mol. The number of pyridine rings is 1. The fourth-order valence-electron chi connectivity index (χ4n) is 2.65. The third-order valence-corrected chi connectivity index (χ3v) is 3.80. The standard InChI is InChI=1S/C16H16N2O3/c19-15-3-1-2-6-18(15)8-7-17-10-13-5-4-12(16(20)21)9-14(13)11-17/h1-6,9H,7-8,10-11H2,(H,20,21). The van der Waals surface area contributed by atoms with Crippen molar-refractivity contribution in [2.75, 3.05) is 6.54 Å². The van der Waals surface area contributed by atoms with Gasteiger partial charge in [0.25, 0.3) is 5.56 Å². The maximum absolute atomic E-state index is 11.6. The van der Waals surface area contributed by atoms with E-state index in [1.54, 1.807) is 35.0 Å². The van der Waals surface area contributed by atoms with Gasteiger partial charge in [-0.25, -0.2) is 4.79 Å². The summed E-state index contributed by atoms with van der Waals surface area (Å²) in [5.74, 6) is -0.896. The van der Waals surface area contributed by atoms with Gasteiger partial charge < -0.3 is 9.67 Å². The molecule has 0 aliphatic carbocycles. The van der Waals surface area contributed by atoms with Crippen molar-refractivity contribution in [3.63, 3.8) is 0 Å². The third-order valence-electron chi connectivity index (χ3n) is 3.80. The number of fused-ring (bicyclic) bond motifs is 1. The predicted octanol–water partition coefficient (Wildman–Crippen LogP) is 1.56. The van der Waals surface area contributed by atoms with Crippen LogP contribution in [0.2, 0.25) is 0 Å². The molecule has 0 fully saturated rings. The molecule has 0 saturated heterocycles. The van der Waals surface area contributed by atoms with Crippen LogP contribution in [-0.4, -0.2) is 27.1 Å². The van der Waals surface area contributed by atoms with Gasteiger partial charge in [-0.2, -0.15) is 0 Å². The van der Waals surface area contributed by atoms with E-state index < -0.39 is 5.97 Å². The number of aromatic nitrogens is 1. The van der Waals surface area contributed by atoms with Gasteiger partial charge in [0.1, 0.15) is 0 Å². The molecule has 0 unspecified atom stereocenters. The molecule has 1 aromatic heterocycles. The Bertz CT molecular complexity index is 736. The van der Waals surface area contributed by atoms with Crippen LogP contribution in [0, 0.1) is 0 Å². The number of nitrogens with zero attached hydrogens (tertiary/aromatic N) is 2. The highest BCUT2D eigenvalue weighted by molar-refractivity contribution is 5.87. The van der Waals surface area contributed by atoms with E-state index >= 15 is 0 Å². The minimum Gasteiger partial charge on any atom is -0.478 e. The maximum Gasteiger partial charge on any atom is 0.335 e. The van der Waals surface area contributed by atoms with Crippen molar-refractivity contribution >= 4 is 5.97 Å². The zero-order valence-electron chi connectivity index (χ0n) is 11.5. The van der Waals surface area contributed by atoms with Gasteiger partial charge in [-0.3, -0.25) is 9.69 Å². The van der Waals surface area contributed by atoms with Gasteiger partial charge in [0, 0.05) is 38.4 Å². The van der Waals surface area contributed by atoms with Crippen LogP contribution in [0.5, 0.6) is 0 Å². The second kappa shape index (κ2) is 5.54. The van der Waals surface area contributed by atoms with Gasteiger partial charge in [-0.05, 0) is 29.3 Å². The Balaban J connectivity index is 1.67. The number of carboxylic acids is 1. The van der Waals surface area contributed by atoms with Crippen LogP contribution in [-0.2, 0) is 19.6 Å². The zero-order valence-corrected chi connectivity index (χ0v) is 11.5. The molecule has 5 nitrogen and oxygen atoms in total. The molecule has 0 saturated carbocycles. The molecule has 0 spiro atoms. The highest BCUT2D eigenvalue weighted by Crippen LogP contribution is 2.23. The minimum atomic E-state index is -0.896. The van der Waals surface area contributed by atoms with Crippen molar-refractivity contribution in [2.45, 2.75) is 19.6 Å². The van der Waals surface area contributed by atoms with Gasteiger partial charge in [-0.15, -0.1) is 0 Å². The number of hydrogen-bond acceptors (Lipinski definition) is 3. The molecule has 1 aliphatic heterocycles. The Morgan fingerprint density at radius 1 is 1.10 bits per heavy atom. The number of hydrogen-bond donors (Lipinski definition) is 1. The van der Waals surface area contributed by atoms with Gasteiger partial charge >= 0.3 is 5.97 Å². The second-order valence-corrected chi connectivity index (χ2v) is 5.23. The Morgan fingerprint density at radius 3 is 2.67 bits per heavy atom. The largest absolute Gasteiger partial charge is 0.478 e. The van der Waals surface area contributed by atoms with Crippen LogP contribution in [0.4, 0.5) is 0 Å². The lowest BCUT2D eigenvalue weighted by Gasteiger charge is -2.15. The summed E-state index contributed by atoms with van der Waals surface area (Å²) in [6, 6.07) is 10.4. The summed E-state index contributed by atoms with van der Waals surface area (Å²) in [6.45, 7) is 2.94. The molecule has 1 aliphatic rings. The molecule has 1 N–H and O–H groups in total. The third kappa shape index (κ3) is 2.87. The molecular weight excluding hydrogens is 268 g/mol. The fraction of sp³-hybridized carbons (Fsp3) is 0.250. The molecular formula is C16H16N2O3. The second-order valence-electron chi connectivity index (χ2n) is 5.23. The number of carboxylic acid groups (broad SMARTS) is 1. The SMILES string of the molecule is O=C(O)c1ccc2c(c1)CN(CCn1ccccc1=O)C2. The van der Waals surface area contributed by atoms with E-state index in [1.807, 2.05) is 12.1 Å². The average Bonchev–Trinajstić information content (AvgIpc) is 2.88. The highest BCUT2D eigenvalue weighted by Gasteiger charge is 2.19. The maximum atomic E-state index is 11.6. The predicted molar refractivity (Wildman–Crippen MR) is 78.2 cm³/mol. The molecule has 0 amide bonds. The van der Waals surface area contributed by atoms with Crippen LogP contribution in [0.15, 0.2) is 47.4 Å². The summed E-state index contributed by atoms with van der Waals surface area (Å²) in [6.07, 6.45) is 1.79. The average molecular weight is 284 g/mol. The topological polar surface area (TPSA) is 62.5 Å². The summed E-state index contributed by atoms with van der Waals surface area (Å²) in [4.78, 5) is 24.8. The van der Waals surface area contributed by atoms with E-state index in [2.05, 4.69) is 4.90 Å². The molecule has 2 heterocycles. The van der Waals surface area contributed by atoms with Crippen molar-refractivity contribution in [1.29, 1.82) is 0 Å². The summed E-state index contributed by atoms with van der Waals surface area (Å²) in [5, 5.41) is 9.01. The van der Waals surface area contributed by atoms with E-state index in [-0.39, 0.29) is 5.56 Å². The van der Waals surface area contributed by atoms with Crippen LogP contribution < -0.4 is 5.56 Å². The van der Waals surface area contributed by atoms with Crippen molar-refractivity contribution in [2.24, 2.45) is 0 Å². The number of benzene rings is 1. The summed E-state index contributed by atoms with van der Waals surface area (Å²) < 4.78 is 1.69. The minimum absolute atomic E-state index is 0.00220. The van der Waals surface area contributed by atoms with Crippen LogP contribution >= 0.6 is 0 Å². The zero-order chi connectivity index (χ0) is 14.8. The number of aromatic carboxylic acids is 1. The normalized spacial score (nSPS) is 14.1. The van der Waals surface area contributed by atoms with Crippen LogP contribution in [0.1, 0.15) is 21.5 Å². The molecule has 0 radical (unpaired) electrons. The van der Waals surface area contributed by atoms with E-state index in [9.17, 15) is 9.59 Å². The highest BCUT2D eigenvalue weighted by atomic mass is 16.4. The lowest BCUT2D eigenvalue weighted by molar-refractivity contribution is 0.0696. The van der Waals surface area contributed by atoms with Gasteiger partial charge in [0.05, 0.1) is 5.56 Å². The van der Waals surface area contributed by atoms with E-state index in [0.29, 0.717) is 12.1 Å². The Kier molecular flexibility index (Phi) is 3.58. The van der Waals surface area contributed by atoms with Crippen LogP contribution in [0.25, 0.3) is 0 Å². The first kappa shape index (κ1) is 13.6. The number of carbonyl (C=O) groups is 1. The van der Waals surface area contributed by atoms with E-state index in [0.717, 1.165) is 25.2 Å². The van der Waals surface area contributed by atoms with Crippen molar-refractivity contribution < 1.29 is 9.90 Å². The molecule has 0 atom stereocenters. The quantitative estimate of drug-likeness (QED) is 0.925. The summed E-state index contributed by atoms with van der Waals surface area (Å²) >= 11 is 0. The van der Waals surface area contributed by atoms with E-state index in [1.165, 1.54) is 5.56 Å². The van der Waals surface area contributed by atoms with Gasteiger partial charge in [-0.1, -0.05) is 12.1 Å². The van der Waals surface area contributed by atoms with Crippen molar-refractivity contribution in [3.05, 3.63) is 69.6 Å². The van der Waals surface area contributed by atoms with Gasteiger partial charge in [0.2, 0.25) is 0 Å². The van der Waals surface area contributed by atoms with Crippen molar-refractivity contribution in [3.8, 4) is 0 Å². The van der Waals surface area contributed by atoms with E-state index in [4.69, 9.17) is 5.11 Å². The first-order valence-corrected chi connectivity index (χ1v) is 6.86. The molecule has 1 aromatic carbocycles. The first-order chi connectivity index (χ1) is 10.1. The lowest BCUT2D eigenvalue weighted by atomic mass is 10.1. The fourth-order valence-corrected chi connectivity index (χ4v) is 2.65. The summed E-state index contributed by atoms with van der Waals surface area (Å²) in [7, 11) is 0. The molecule has 0 bridgehead atoms. The number of rotatable bonds is 4. The molecule has 2 aromatic rings. The Morgan fingerprint density at radius 2 is 1.90 bits per heavy atom.